The van der Waals surface area contributed by atoms with Crippen LogP contribution in [0.3, 0.4) is 0 Å². The number of carbonyl (C=O) groups is 2. The number of hydrogen-bond donors (Lipinski definition) is 0. The highest BCUT2D eigenvalue weighted by Crippen LogP contribution is 2.17. The maximum absolute atomic E-state index is 12.8. The summed E-state index contributed by atoms with van der Waals surface area (Å²) in [6, 6.07) is 8.32. The first-order chi connectivity index (χ1) is 13.0. The molecule has 0 radical (unpaired) electrons. The molecule has 1 saturated heterocycles. The lowest BCUT2D eigenvalue weighted by Gasteiger charge is -2.34. The molecule has 0 atom stereocenters. The lowest BCUT2D eigenvalue weighted by atomic mass is 10.1. The quantitative estimate of drug-likeness (QED) is 0.678. The van der Waals surface area contributed by atoms with E-state index < -0.39 is 5.76 Å². The number of aromatic nitrogens is 2. The number of nitrogens with zero attached hydrogens (tertiary/aromatic N) is 4. The fourth-order valence-corrected chi connectivity index (χ4v) is 3.23. The van der Waals surface area contributed by atoms with Gasteiger partial charge in [-0.25, -0.2) is 4.79 Å². The van der Waals surface area contributed by atoms with Crippen LogP contribution in [0.2, 0.25) is 0 Å². The minimum absolute atomic E-state index is 0.0562. The Morgan fingerprint density at radius 1 is 0.926 bits per heavy atom. The average molecular weight is 366 g/mol. The average Bonchev–Trinajstić information content (AvgIpc) is 3.01. The molecule has 0 saturated carbocycles. The number of amides is 2. The van der Waals surface area contributed by atoms with Gasteiger partial charge in [0.2, 0.25) is 0 Å². The molecule has 4 rings (SSSR count). The molecule has 2 amide bonds. The predicted molar refractivity (Wildman–Crippen MR) is 97.5 cm³/mol. The minimum Gasteiger partial charge on any atom is -0.408 e. The van der Waals surface area contributed by atoms with E-state index in [1.807, 2.05) is 0 Å². The normalized spacial score (nSPS) is 14.6. The van der Waals surface area contributed by atoms with Gasteiger partial charge < -0.3 is 14.2 Å². The van der Waals surface area contributed by atoms with Crippen molar-refractivity contribution in [2.24, 2.45) is 7.05 Å². The first kappa shape index (κ1) is 17.0. The topological polar surface area (TPSA) is 88.7 Å². The van der Waals surface area contributed by atoms with Crippen molar-refractivity contribution in [3.05, 3.63) is 64.4 Å². The number of oxazole rings is 1. The molecule has 0 aliphatic carbocycles. The van der Waals surface area contributed by atoms with Crippen LogP contribution < -0.4 is 5.76 Å². The van der Waals surface area contributed by atoms with Crippen molar-refractivity contribution < 1.29 is 14.0 Å². The summed E-state index contributed by atoms with van der Waals surface area (Å²) in [5.74, 6) is -0.640. The Bertz CT molecular complexity index is 1060. The van der Waals surface area contributed by atoms with Crippen molar-refractivity contribution >= 4 is 22.9 Å². The summed E-state index contributed by atoms with van der Waals surface area (Å²) in [6.45, 7) is 1.86. The van der Waals surface area contributed by atoms with Gasteiger partial charge in [-0.05, 0) is 30.3 Å². The molecule has 1 aromatic carbocycles. The van der Waals surface area contributed by atoms with Gasteiger partial charge in [0.25, 0.3) is 11.8 Å². The molecule has 8 nitrogen and oxygen atoms in total. The molecular weight excluding hydrogens is 348 g/mol. The third-order valence-corrected chi connectivity index (χ3v) is 4.82. The number of aryl methyl sites for hydroxylation is 1. The fourth-order valence-electron chi connectivity index (χ4n) is 3.23. The first-order valence-electron chi connectivity index (χ1n) is 8.63. The molecule has 1 aliphatic rings. The minimum atomic E-state index is -0.460. The second kappa shape index (κ2) is 6.71. The van der Waals surface area contributed by atoms with Gasteiger partial charge in [-0.2, -0.15) is 0 Å². The van der Waals surface area contributed by atoms with E-state index in [9.17, 15) is 14.4 Å². The molecule has 8 heteroatoms. The summed E-state index contributed by atoms with van der Waals surface area (Å²) >= 11 is 0. The maximum atomic E-state index is 12.8. The van der Waals surface area contributed by atoms with Crippen molar-refractivity contribution in [1.29, 1.82) is 0 Å². The standard InChI is InChI=1S/C19H18N4O4/c1-21-15-12-14(2-3-16(15)27-19(21)26)18(25)23-10-8-22(9-11-23)17(24)13-4-6-20-7-5-13/h2-7,12H,8-11H2,1H3. The third-order valence-electron chi connectivity index (χ3n) is 4.82. The Labute approximate surface area is 154 Å². The molecule has 1 aliphatic heterocycles. The summed E-state index contributed by atoms with van der Waals surface area (Å²) in [4.78, 5) is 44.3. The lowest BCUT2D eigenvalue weighted by molar-refractivity contribution is 0.0535. The number of fused-ring (bicyclic) bond motifs is 1. The van der Waals surface area contributed by atoms with Crippen LogP contribution in [0.25, 0.3) is 11.1 Å². The molecule has 27 heavy (non-hydrogen) atoms. The van der Waals surface area contributed by atoms with Crippen molar-refractivity contribution in [1.82, 2.24) is 19.4 Å². The third kappa shape index (κ3) is 3.10. The second-order valence-electron chi connectivity index (χ2n) is 6.43. The summed E-state index contributed by atoms with van der Waals surface area (Å²) in [7, 11) is 1.60. The van der Waals surface area contributed by atoms with Crippen LogP contribution in [-0.2, 0) is 7.05 Å². The fraction of sp³-hybridized carbons (Fsp3) is 0.263. The monoisotopic (exact) mass is 366 g/mol. The summed E-state index contributed by atoms with van der Waals surface area (Å²) in [6.07, 6.45) is 3.18. The highest BCUT2D eigenvalue weighted by atomic mass is 16.4. The van der Waals surface area contributed by atoms with E-state index in [1.165, 1.54) is 4.57 Å². The molecule has 0 bridgehead atoms. The van der Waals surface area contributed by atoms with Gasteiger partial charge in [0.1, 0.15) is 0 Å². The van der Waals surface area contributed by atoms with Gasteiger partial charge in [0.15, 0.2) is 5.58 Å². The van der Waals surface area contributed by atoms with E-state index in [0.717, 1.165) is 0 Å². The molecule has 1 fully saturated rings. The second-order valence-corrected chi connectivity index (χ2v) is 6.43. The summed E-state index contributed by atoms with van der Waals surface area (Å²) < 4.78 is 6.47. The Morgan fingerprint density at radius 3 is 2.15 bits per heavy atom. The molecule has 0 spiro atoms. The van der Waals surface area contributed by atoms with Gasteiger partial charge in [-0.1, -0.05) is 0 Å². The smallest absolute Gasteiger partial charge is 0.408 e. The maximum Gasteiger partial charge on any atom is 0.419 e. The van der Waals surface area contributed by atoms with E-state index in [1.54, 1.807) is 59.6 Å². The van der Waals surface area contributed by atoms with Gasteiger partial charge in [-0.15, -0.1) is 0 Å². The largest absolute Gasteiger partial charge is 0.419 e. The van der Waals surface area contributed by atoms with Crippen LogP contribution in [0, 0.1) is 0 Å². The molecule has 138 valence electrons. The highest BCUT2D eigenvalue weighted by molar-refractivity contribution is 5.98. The van der Waals surface area contributed by atoms with Crippen molar-refractivity contribution in [2.45, 2.75) is 0 Å². The number of rotatable bonds is 2. The molecule has 3 heterocycles. The molecule has 0 unspecified atom stereocenters. The van der Waals surface area contributed by atoms with Crippen molar-refractivity contribution in [2.75, 3.05) is 26.2 Å². The van der Waals surface area contributed by atoms with Gasteiger partial charge in [0.05, 0.1) is 5.52 Å². The zero-order chi connectivity index (χ0) is 19.0. The number of carbonyl (C=O) groups excluding carboxylic acids is 2. The molecular formula is C19H18N4O4. The van der Waals surface area contributed by atoms with Gasteiger partial charge >= 0.3 is 5.76 Å². The van der Waals surface area contributed by atoms with E-state index in [4.69, 9.17) is 4.42 Å². The predicted octanol–water partition coefficient (Wildman–Crippen LogP) is 1.12. The Morgan fingerprint density at radius 2 is 1.52 bits per heavy atom. The Hall–Kier alpha value is -3.42. The summed E-state index contributed by atoms with van der Waals surface area (Å²) in [5.41, 5.74) is 2.12. The first-order valence-corrected chi connectivity index (χ1v) is 8.63. The molecule has 0 N–H and O–H groups in total. The van der Waals surface area contributed by atoms with Crippen LogP contribution in [0.4, 0.5) is 0 Å². The van der Waals surface area contributed by atoms with E-state index in [0.29, 0.717) is 48.4 Å². The van der Waals surface area contributed by atoms with Gasteiger partial charge in [0, 0.05) is 56.7 Å². The van der Waals surface area contributed by atoms with E-state index in [-0.39, 0.29) is 11.8 Å². The highest BCUT2D eigenvalue weighted by Gasteiger charge is 2.26. The SMILES string of the molecule is Cn1c(=O)oc2ccc(C(=O)N3CCN(C(=O)c4ccncc4)CC3)cc21. The number of benzene rings is 1. The molecule has 2 aromatic heterocycles. The van der Waals surface area contributed by atoms with Crippen molar-refractivity contribution in [3.63, 3.8) is 0 Å². The summed E-state index contributed by atoms with van der Waals surface area (Å²) in [5, 5.41) is 0. The van der Waals surface area contributed by atoms with Crippen LogP contribution in [-0.4, -0.2) is 57.3 Å². The van der Waals surface area contributed by atoms with Crippen LogP contribution in [0.5, 0.6) is 0 Å². The van der Waals surface area contributed by atoms with Crippen LogP contribution in [0.15, 0.2) is 51.9 Å². The van der Waals surface area contributed by atoms with Crippen LogP contribution in [0.1, 0.15) is 20.7 Å². The zero-order valence-corrected chi connectivity index (χ0v) is 14.8. The number of piperazine rings is 1. The van der Waals surface area contributed by atoms with E-state index in [2.05, 4.69) is 4.98 Å². The number of pyridine rings is 1. The van der Waals surface area contributed by atoms with E-state index >= 15 is 0 Å². The van der Waals surface area contributed by atoms with Crippen molar-refractivity contribution in [3.8, 4) is 0 Å². The van der Waals surface area contributed by atoms with Gasteiger partial charge in [-0.3, -0.25) is 19.1 Å². The number of hydrogen-bond acceptors (Lipinski definition) is 5. The lowest BCUT2D eigenvalue weighted by Crippen LogP contribution is -2.50. The Balaban J connectivity index is 1.46. The molecule has 3 aromatic rings. The van der Waals surface area contributed by atoms with Crippen LogP contribution >= 0.6 is 0 Å². The Kier molecular flexibility index (Phi) is 4.23. The zero-order valence-electron chi connectivity index (χ0n) is 14.8.